The van der Waals surface area contributed by atoms with Gasteiger partial charge < -0.3 is 14.0 Å². The Morgan fingerprint density at radius 2 is 1.79 bits per heavy atom. The number of sulfonamides is 1. The van der Waals surface area contributed by atoms with E-state index in [0.29, 0.717) is 29.5 Å². The molecule has 1 N–H and O–H groups in total. The fourth-order valence-corrected chi connectivity index (χ4v) is 4.52. The van der Waals surface area contributed by atoms with E-state index in [1.165, 1.54) is 14.2 Å². The third-order valence-corrected chi connectivity index (χ3v) is 6.76. The number of alkyl halides is 3. The summed E-state index contributed by atoms with van der Waals surface area (Å²) < 4.78 is 83.4. The van der Waals surface area contributed by atoms with Gasteiger partial charge in [0.1, 0.15) is 6.04 Å². The predicted octanol–water partition coefficient (Wildman–Crippen LogP) is 4.84. The van der Waals surface area contributed by atoms with Gasteiger partial charge in [-0.05, 0) is 42.3 Å². The van der Waals surface area contributed by atoms with Crippen molar-refractivity contribution in [3.8, 4) is 22.9 Å². The molecule has 34 heavy (non-hydrogen) atoms. The monoisotopic (exact) mass is 499 g/mol. The minimum atomic E-state index is -4.68. The molecular formula is C22H24F3N3O5S. The third-order valence-electron chi connectivity index (χ3n) is 5.32. The first kappa shape index (κ1) is 25.5. The number of methoxy groups -OCH3 is 2. The van der Waals surface area contributed by atoms with E-state index in [1.807, 2.05) is 6.92 Å². The van der Waals surface area contributed by atoms with E-state index in [9.17, 15) is 21.6 Å². The molecule has 2 aromatic carbocycles. The summed E-state index contributed by atoms with van der Waals surface area (Å²) in [7, 11) is -1.36. The van der Waals surface area contributed by atoms with E-state index in [1.54, 1.807) is 25.1 Å². The predicted molar refractivity (Wildman–Crippen MR) is 117 cm³/mol. The summed E-state index contributed by atoms with van der Waals surface area (Å²) in [6, 6.07) is 7.53. The first-order valence-corrected chi connectivity index (χ1v) is 11.7. The highest BCUT2D eigenvalue weighted by atomic mass is 32.2. The number of halogens is 3. The van der Waals surface area contributed by atoms with Crippen LogP contribution in [0, 0.1) is 5.92 Å². The molecule has 0 unspecified atom stereocenters. The largest absolute Gasteiger partial charge is 0.493 e. The van der Waals surface area contributed by atoms with Crippen LogP contribution < -0.4 is 14.2 Å². The highest BCUT2D eigenvalue weighted by Crippen LogP contribution is 2.34. The molecule has 1 aromatic heterocycles. The SMILES string of the molecule is CC[C@@H](C)[C@@H](NS(=O)(=O)c1cccc(C(F)(F)F)c1)c1nc(-c2ccc(OC)c(OC)c2)no1. The van der Waals surface area contributed by atoms with Crippen LogP contribution in [-0.4, -0.2) is 32.8 Å². The topological polar surface area (TPSA) is 104 Å². The summed E-state index contributed by atoms with van der Waals surface area (Å²) in [6.45, 7) is 3.60. The number of nitrogens with one attached hydrogen (secondary N) is 1. The summed E-state index contributed by atoms with van der Waals surface area (Å²) in [5, 5.41) is 3.94. The molecule has 0 aliphatic heterocycles. The zero-order valence-electron chi connectivity index (χ0n) is 18.9. The molecule has 2 atom stereocenters. The van der Waals surface area contributed by atoms with Crippen molar-refractivity contribution in [3.63, 3.8) is 0 Å². The van der Waals surface area contributed by atoms with Crippen LogP contribution in [0.25, 0.3) is 11.4 Å². The van der Waals surface area contributed by atoms with Gasteiger partial charge >= 0.3 is 6.18 Å². The Bertz CT molecular complexity index is 1240. The van der Waals surface area contributed by atoms with Gasteiger partial charge in [-0.2, -0.15) is 22.9 Å². The molecule has 0 aliphatic carbocycles. The van der Waals surface area contributed by atoms with Gasteiger partial charge in [-0.15, -0.1) is 0 Å². The van der Waals surface area contributed by atoms with Gasteiger partial charge in [0.25, 0.3) is 0 Å². The highest BCUT2D eigenvalue weighted by molar-refractivity contribution is 7.89. The van der Waals surface area contributed by atoms with Crippen molar-refractivity contribution < 1.29 is 35.6 Å². The van der Waals surface area contributed by atoms with Gasteiger partial charge in [-0.1, -0.05) is 31.5 Å². The molecule has 0 saturated carbocycles. The molecule has 0 bridgehead atoms. The number of nitrogens with zero attached hydrogens (tertiary/aromatic N) is 2. The number of aromatic nitrogens is 2. The van der Waals surface area contributed by atoms with Crippen molar-refractivity contribution in [2.24, 2.45) is 5.92 Å². The van der Waals surface area contributed by atoms with Crippen LogP contribution >= 0.6 is 0 Å². The van der Waals surface area contributed by atoms with E-state index >= 15 is 0 Å². The molecule has 0 amide bonds. The fraction of sp³-hybridized carbons (Fsp3) is 0.364. The second-order valence-corrected chi connectivity index (χ2v) is 9.25. The smallest absolute Gasteiger partial charge is 0.416 e. The third kappa shape index (κ3) is 5.50. The molecule has 8 nitrogen and oxygen atoms in total. The van der Waals surface area contributed by atoms with Crippen molar-refractivity contribution in [1.29, 1.82) is 0 Å². The van der Waals surface area contributed by atoms with Crippen LogP contribution in [0.5, 0.6) is 11.5 Å². The van der Waals surface area contributed by atoms with Crippen LogP contribution in [0.4, 0.5) is 13.2 Å². The number of hydrogen-bond donors (Lipinski definition) is 1. The summed E-state index contributed by atoms with van der Waals surface area (Å²) >= 11 is 0. The molecule has 0 saturated heterocycles. The van der Waals surface area contributed by atoms with E-state index in [4.69, 9.17) is 14.0 Å². The Morgan fingerprint density at radius 1 is 1.09 bits per heavy atom. The molecule has 0 spiro atoms. The lowest BCUT2D eigenvalue weighted by Crippen LogP contribution is -2.33. The van der Waals surface area contributed by atoms with Crippen molar-refractivity contribution in [2.75, 3.05) is 14.2 Å². The number of ether oxygens (including phenoxy) is 2. The summed E-state index contributed by atoms with van der Waals surface area (Å²) in [5.74, 6) is 0.799. The maximum atomic E-state index is 13.1. The van der Waals surface area contributed by atoms with Gasteiger partial charge in [0.15, 0.2) is 11.5 Å². The fourth-order valence-electron chi connectivity index (χ4n) is 3.17. The average Bonchev–Trinajstić information content (AvgIpc) is 3.31. The number of benzene rings is 2. The lowest BCUT2D eigenvalue weighted by Gasteiger charge is -2.21. The van der Waals surface area contributed by atoms with Crippen LogP contribution in [-0.2, 0) is 16.2 Å². The standard InChI is InChI=1S/C22H24F3N3O5S/c1-5-13(2)19(28-34(29,30)16-8-6-7-15(12-16)22(23,24)25)21-26-20(27-33-21)14-9-10-17(31-3)18(11-14)32-4/h6-13,19,28H,5H2,1-4H3/t13-,19-/m1/s1. The maximum absolute atomic E-state index is 13.1. The van der Waals surface area contributed by atoms with Gasteiger partial charge in [0.05, 0.1) is 24.7 Å². The van der Waals surface area contributed by atoms with Crippen LogP contribution in [0.2, 0.25) is 0 Å². The molecule has 12 heteroatoms. The Labute approximate surface area is 195 Å². The average molecular weight is 500 g/mol. The minimum absolute atomic E-state index is 0.0188. The van der Waals surface area contributed by atoms with Gasteiger partial charge in [-0.3, -0.25) is 0 Å². The zero-order chi connectivity index (χ0) is 25.1. The molecule has 0 aliphatic rings. The maximum Gasteiger partial charge on any atom is 0.416 e. The van der Waals surface area contributed by atoms with Crippen molar-refractivity contribution in [3.05, 3.63) is 53.9 Å². The molecular weight excluding hydrogens is 475 g/mol. The second-order valence-electron chi connectivity index (χ2n) is 7.54. The van der Waals surface area contributed by atoms with Crippen LogP contribution in [0.3, 0.4) is 0 Å². The summed E-state index contributed by atoms with van der Waals surface area (Å²) in [6.07, 6.45) is -4.15. The van der Waals surface area contributed by atoms with Gasteiger partial charge in [0, 0.05) is 5.56 Å². The van der Waals surface area contributed by atoms with Crippen LogP contribution in [0.15, 0.2) is 51.9 Å². The van der Waals surface area contributed by atoms with E-state index in [0.717, 1.165) is 18.2 Å². The van der Waals surface area contributed by atoms with Crippen molar-refractivity contribution in [1.82, 2.24) is 14.9 Å². The van der Waals surface area contributed by atoms with Crippen molar-refractivity contribution in [2.45, 2.75) is 37.4 Å². The van der Waals surface area contributed by atoms with Gasteiger partial charge in [0.2, 0.25) is 21.7 Å². The van der Waals surface area contributed by atoms with Crippen molar-refractivity contribution >= 4 is 10.0 Å². The Balaban J connectivity index is 1.94. The van der Waals surface area contributed by atoms with E-state index < -0.39 is 32.7 Å². The zero-order valence-corrected chi connectivity index (χ0v) is 19.7. The first-order valence-electron chi connectivity index (χ1n) is 10.3. The normalized spacial score (nSPS) is 14.0. The first-order chi connectivity index (χ1) is 16.0. The molecule has 1 heterocycles. The highest BCUT2D eigenvalue weighted by Gasteiger charge is 2.34. The number of hydrogen-bond acceptors (Lipinski definition) is 7. The molecule has 3 rings (SSSR count). The molecule has 0 radical (unpaired) electrons. The molecule has 3 aromatic rings. The second kappa shape index (κ2) is 10.0. The van der Waals surface area contributed by atoms with E-state index in [2.05, 4.69) is 14.9 Å². The van der Waals surface area contributed by atoms with E-state index in [-0.39, 0.29) is 17.6 Å². The molecule has 184 valence electrons. The lowest BCUT2D eigenvalue weighted by atomic mass is 10.0. The Kier molecular flexibility index (Phi) is 7.51. The minimum Gasteiger partial charge on any atom is -0.493 e. The quantitative estimate of drug-likeness (QED) is 0.449. The summed E-state index contributed by atoms with van der Waals surface area (Å²) in [4.78, 5) is 3.82. The van der Waals surface area contributed by atoms with Crippen LogP contribution in [0.1, 0.15) is 37.8 Å². The molecule has 0 fully saturated rings. The summed E-state index contributed by atoms with van der Waals surface area (Å²) in [5.41, 5.74) is -0.528. The lowest BCUT2D eigenvalue weighted by molar-refractivity contribution is -0.137. The Hall–Kier alpha value is -3.12. The number of rotatable bonds is 9. The van der Waals surface area contributed by atoms with Gasteiger partial charge in [-0.25, -0.2) is 8.42 Å². The Morgan fingerprint density at radius 3 is 2.41 bits per heavy atom.